The maximum Gasteiger partial charge on any atom is 0.0300 e. The van der Waals surface area contributed by atoms with E-state index >= 15 is 0 Å². The van der Waals surface area contributed by atoms with Crippen LogP contribution in [0.3, 0.4) is 0 Å². The molecule has 0 radical (unpaired) electrons. The highest BCUT2D eigenvalue weighted by atomic mass is 127. The van der Waals surface area contributed by atoms with E-state index in [1.165, 1.54) is 25.8 Å². The van der Waals surface area contributed by atoms with E-state index in [0.29, 0.717) is 12.1 Å². The Labute approximate surface area is 135 Å². The predicted octanol–water partition coefficient (Wildman–Crippen LogP) is 5.32. The summed E-state index contributed by atoms with van der Waals surface area (Å²) < 4.78 is 1.28. The number of hydrogen-bond acceptors (Lipinski definition) is 1. The SMILES string of the molecule is Cc1ccc(C(C)NC(C)c2ccc(I)cc2)c(C)c1. The molecular weight excluding hydrogens is 357 g/mol. The minimum absolute atomic E-state index is 0.350. The van der Waals surface area contributed by atoms with Crippen LogP contribution in [-0.2, 0) is 0 Å². The van der Waals surface area contributed by atoms with E-state index in [4.69, 9.17) is 0 Å². The molecule has 2 aromatic rings. The highest BCUT2D eigenvalue weighted by Crippen LogP contribution is 2.23. The second-order valence-electron chi connectivity index (χ2n) is 5.52. The number of nitrogens with one attached hydrogen (secondary N) is 1. The Morgan fingerprint density at radius 3 is 2.15 bits per heavy atom. The Hall–Kier alpha value is -0.870. The monoisotopic (exact) mass is 379 g/mol. The van der Waals surface area contributed by atoms with Crippen molar-refractivity contribution in [3.05, 3.63) is 68.3 Å². The molecule has 0 heterocycles. The number of aryl methyl sites for hydroxylation is 2. The lowest BCUT2D eigenvalue weighted by atomic mass is 9.99. The molecule has 0 aliphatic carbocycles. The number of halogens is 1. The molecule has 0 spiro atoms. The smallest absolute Gasteiger partial charge is 0.0300 e. The Kier molecular flexibility index (Phi) is 5.22. The van der Waals surface area contributed by atoms with Gasteiger partial charge in [0.15, 0.2) is 0 Å². The minimum Gasteiger partial charge on any atom is -0.304 e. The van der Waals surface area contributed by atoms with Gasteiger partial charge in [0.25, 0.3) is 0 Å². The lowest BCUT2D eigenvalue weighted by Crippen LogP contribution is -2.23. The van der Waals surface area contributed by atoms with Crippen molar-refractivity contribution in [2.24, 2.45) is 0 Å². The van der Waals surface area contributed by atoms with E-state index in [2.05, 4.69) is 98.1 Å². The molecule has 20 heavy (non-hydrogen) atoms. The standard InChI is InChI=1S/C18H22IN/c1-12-5-10-18(13(2)11-12)15(4)20-14(3)16-6-8-17(19)9-7-16/h5-11,14-15,20H,1-4H3. The zero-order chi connectivity index (χ0) is 14.7. The molecule has 1 nitrogen and oxygen atoms in total. The van der Waals surface area contributed by atoms with Gasteiger partial charge in [0.05, 0.1) is 0 Å². The quantitative estimate of drug-likeness (QED) is 0.709. The Bertz CT molecular complexity index is 574. The molecule has 0 amide bonds. The number of hydrogen-bond donors (Lipinski definition) is 1. The van der Waals surface area contributed by atoms with Crippen molar-refractivity contribution in [3.8, 4) is 0 Å². The molecule has 106 valence electrons. The van der Waals surface area contributed by atoms with Gasteiger partial charge in [-0.05, 0) is 79.1 Å². The average Bonchev–Trinajstić information content (AvgIpc) is 2.39. The van der Waals surface area contributed by atoms with Crippen LogP contribution in [-0.4, -0.2) is 0 Å². The van der Waals surface area contributed by atoms with Crippen molar-refractivity contribution in [1.82, 2.24) is 5.32 Å². The van der Waals surface area contributed by atoms with Crippen molar-refractivity contribution in [2.45, 2.75) is 39.8 Å². The molecule has 0 saturated carbocycles. The van der Waals surface area contributed by atoms with E-state index < -0.39 is 0 Å². The van der Waals surface area contributed by atoms with Crippen molar-refractivity contribution in [3.63, 3.8) is 0 Å². The summed E-state index contributed by atoms with van der Waals surface area (Å²) in [5.41, 5.74) is 5.40. The zero-order valence-corrected chi connectivity index (χ0v) is 14.7. The van der Waals surface area contributed by atoms with Gasteiger partial charge in [-0.25, -0.2) is 0 Å². The summed E-state index contributed by atoms with van der Waals surface area (Å²) in [5, 5.41) is 3.69. The van der Waals surface area contributed by atoms with Crippen LogP contribution >= 0.6 is 22.6 Å². The van der Waals surface area contributed by atoms with E-state index in [1.54, 1.807) is 0 Å². The van der Waals surface area contributed by atoms with Gasteiger partial charge < -0.3 is 5.32 Å². The summed E-state index contributed by atoms with van der Waals surface area (Å²) in [6, 6.07) is 16.1. The van der Waals surface area contributed by atoms with Crippen LogP contribution in [0.4, 0.5) is 0 Å². The molecule has 0 saturated heterocycles. The number of benzene rings is 2. The van der Waals surface area contributed by atoms with Crippen molar-refractivity contribution in [2.75, 3.05) is 0 Å². The molecule has 2 heteroatoms. The van der Waals surface area contributed by atoms with Gasteiger partial charge in [0.2, 0.25) is 0 Å². The summed E-state index contributed by atoms with van der Waals surface area (Å²) in [6.07, 6.45) is 0. The molecule has 0 aliphatic rings. The van der Waals surface area contributed by atoms with Gasteiger partial charge in [-0.2, -0.15) is 0 Å². The fourth-order valence-electron chi connectivity index (χ4n) is 2.62. The van der Waals surface area contributed by atoms with Crippen molar-refractivity contribution in [1.29, 1.82) is 0 Å². The Morgan fingerprint density at radius 2 is 1.55 bits per heavy atom. The molecule has 1 N–H and O–H groups in total. The van der Waals surface area contributed by atoms with E-state index in [1.807, 2.05) is 0 Å². The third-order valence-corrected chi connectivity index (χ3v) is 4.48. The second-order valence-corrected chi connectivity index (χ2v) is 6.77. The molecule has 0 aromatic heterocycles. The van der Waals surface area contributed by atoms with E-state index in [0.717, 1.165) is 0 Å². The molecule has 0 bridgehead atoms. The van der Waals surface area contributed by atoms with Gasteiger partial charge >= 0.3 is 0 Å². The maximum atomic E-state index is 3.69. The highest BCUT2D eigenvalue weighted by molar-refractivity contribution is 14.1. The third-order valence-electron chi connectivity index (χ3n) is 3.76. The lowest BCUT2D eigenvalue weighted by molar-refractivity contribution is 0.493. The first-order valence-electron chi connectivity index (χ1n) is 7.06. The summed E-state index contributed by atoms with van der Waals surface area (Å²) in [4.78, 5) is 0. The van der Waals surface area contributed by atoms with Gasteiger partial charge in [-0.1, -0.05) is 35.9 Å². The first-order valence-corrected chi connectivity index (χ1v) is 8.14. The molecular formula is C18H22IN. The van der Waals surface area contributed by atoms with Crippen molar-refractivity contribution < 1.29 is 0 Å². The summed E-state index contributed by atoms with van der Waals surface area (Å²) in [7, 11) is 0. The van der Waals surface area contributed by atoms with Crippen LogP contribution in [0.2, 0.25) is 0 Å². The van der Waals surface area contributed by atoms with Gasteiger partial charge in [-0.3, -0.25) is 0 Å². The molecule has 0 aliphatic heterocycles. The predicted molar refractivity (Wildman–Crippen MR) is 95.0 cm³/mol. The number of rotatable bonds is 4. The summed E-state index contributed by atoms with van der Waals surface area (Å²) in [5.74, 6) is 0. The highest BCUT2D eigenvalue weighted by Gasteiger charge is 2.12. The van der Waals surface area contributed by atoms with Crippen LogP contribution in [0.15, 0.2) is 42.5 Å². The average molecular weight is 379 g/mol. The van der Waals surface area contributed by atoms with Crippen LogP contribution in [0.1, 0.15) is 48.2 Å². The van der Waals surface area contributed by atoms with Crippen LogP contribution < -0.4 is 5.32 Å². The van der Waals surface area contributed by atoms with Crippen molar-refractivity contribution >= 4 is 22.6 Å². The molecule has 0 fully saturated rings. The fourth-order valence-corrected chi connectivity index (χ4v) is 2.98. The summed E-state index contributed by atoms with van der Waals surface area (Å²) >= 11 is 2.34. The maximum absolute atomic E-state index is 3.69. The molecule has 2 unspecified atom stereocenters. The lowest BCUT2D eigenvalue weighted by Gasteiger charge is -2.22. The first-order chi connectivity index (χ1) is 9.47. The van der Waals surface area contributed by atoms with Gasteiger partial charge in [-0.15, -0.1) is 0 Å². The van der Waals surface area contributed by atoms with Crippen LogP contribution in [0, 0.1) is 17.4 Å². The normalized spacial score (nSPS) is 14.1. The third kappa shape index (κ3) is 3.83. The minimum atomic E-state index is 0.350. The Morgan fingerprint density at radius 1 is 0.900 bits per heavy atom. The van der Waals surface area contributed by atoms with Gasteiger partial charge in [0.1, 0.15) is 0 Å². The molecule has 2 aromatic carbocycles. The molecule has 2 rings (SSSR count). The van der Waals surface area contributed by atoms with E-state index in [-0.39, 0.29) is 0 Å². The topological polar surface area (TPSA) is 12.0 Å². The second kappa shape index (κ2) is 6.72. The van der Waals surface area contributed by atoms with E-state index in [9.17, 15) is 0 Å². The van der Waals surface area contributed by atoms with Crippen LogP contribution in [0.25, 0.3) is 0 Å². The fraction of sp³-hybridized carbons (Fsp3) is 0.333. The molecule has 2 atom stereocenters. The largest absolute Gasteiger partial charge is 0.304 e. The zero-order valence-electron chi connectivity index (χ0n) is 12.6. The van der Waals surface area contributed by atoms with Gasteiger partial charge in [0, 0.05) is 15.7 Å². The van der Waals surface area contributed by atoms with Crippen LogP contribution in [0.5, 0.6) is 0 Å². The Balaban J connectivity index is 2.10. The first kappa shape index (κ1) is 15.5. The summed E-state index contributed by atoms with van der Waals surface area (Å²) in [6.45, 7) is 8.79.